The van der Waals surface area contributed by atoms with Crippen LogP contribution in [0.25, 0.3) is 10.9 Å². The SMILES string of the molecule is C[C@H]1CCCC(O)(CNC(=O)c2c(Cl)ccc3nc(N4CCC(N(C)C)C4)ccc23)C1. The molecule has 0 bridgehead atoms. The molecule has 1 aliphatic heterocycles. The van der Waals surface area contributed by atoms with Gasteiger partial charge in [-0.2, -0.15) is 0 Å². The molecule has 2 N–H and O–H groups in total. The van der Waals surface area contributed by atoms with Gasteiger partial charge in [0, 0.05) is 31.1 Å². The number of fused-ring (bicyclic) bond motifs is 1. The maximum absolute atomic E-state index is 13.1. The number of aromatic nitrogens is 1. The molecule has 0 spiro atoms. The number of amides is 1. The first-order valence-electron chi connectivity index (χ1n) is 11.3. The molecule has 2 unspecified atom stereocenters. The van der Waals surface area contributed by atoms with E-state index in [1.54, 1.807) is 6.07 Å². The third-order valence-electron chi connectivity index (χ3n) is 6.90. The van der Waals surface area contributed by atoms with Crippen molar-refractivity contribution >= 4 is 34.2 Å². The van der Waals surface area contributed by atoms with E-state index in [0.29, 0.717) is 29.0 Å². The number of benzene rings is 1. The number of hydrogen-bond acceptors (Lipinski definition) is 5. The lowest BCUT2D eigenvalue weighted by molar-refractivity contribution is -0.0109. The molecule has 6 nitrogen and oxygen atoms in total. The first-order valence-corrected chi connectivity index (χ1v) is 11.6. The number of rotatable bonds is 5. The van der Waals surface area contributed by atoms with Crippen LogP contribution in [-0.2, 0) is 0 Å². The maximum Gasteiger partial charge on any atom is 0.253 e. The van der Waals surface area contributed by atoms with Crippen LogP contribution in [0.1, 0.15) is 49.4 Å². The first kappa shape index (κ1) is 22.3. The number of pyridine rings is 1. The number of nitrogens with one attached hydrogen (secondary N) is 1. The maximum atomic E-state index is 13.1. The fourth-order valence-corrected chi connectivity index (χ4v) is 5.32. The summed E-state index contributed by atoms with van der Waals surface area (Å²) in [6.45, 7) is 4.31. The molecule has 4 rings (SSSR count). The lowest BCUT2D eigenvalue weighted by atomic mass is 9.79. The summed E-state index contributed by atoms with van der Waals surface area (Å²) in [5, 5.41) is 14.9. The predicted molar refractivity (Wildman–Crippen MR) is 126 cm³/mol. The van der Waals surface area contributed by atoms with Crippen molar-refractivity contribution in [3.05, 3.63) is 34.9 Å². The fourth-order valence-electron chi connectivity index (χ4n) is 5.07. The highest BCUT2D eigenvalue weighted by Crippen LogP contribution is 2.32. The third kappa shape index (κ3) is 4.81. The van der Waals surface area contributed by atoms with Crippen LogP contribution in [0.5, 0.6) is 0 Å². The summed E-state index contributed by atoms with van der Waals surface area (Å²) < 4.78 is 0. The minimum absolute atomic E-state index is 0.244. The van der Waals surface area contributed by atoms with Gasteiger partial charge in [0.15, 0.2) is 0 Å². The Morgan fingerprint density at radius 3 is 2.84 bits per heavy atom. The second-order valence-electron chi connectivity index (χ2n) is 9.62. The monoisotopic (exact) mass is 444 g/mol. The average Bonchev–Trinajstić information content (AvgIpc) is 3.22. The topological polar surface area (TPSA) is 68.7 Å². The second-order valence-corrected chi connectivity index (χ2v) is 10.0. The highest BCUT2D eigenvalue weighted by Gasteiger charge is 2.33. The Morgan fingerprint density at radius 2 is 2.13 bits per heavy atom. The van der Waals surface area contributed by atoms with Gasteiger partial charge >= 0.3 is 0 Å². The number of carbonyl (C=O) groups is 1. The van der Waals surface area contributed by atoms with Gasteiger partial charge < -0.3 is 20.2 Å². The highest BCUT2D eigenvalue weighted by molar-refractivity contribution is 6.35. The van der Waals surface area contributed by atoms with Gasteiger partial charge in [0.25, 0.3) is 5.91 Å². The van der Waals surface area contributed by atoms with Gasteiger partial charge in [-0.3, -0.25) is 4.79 Å². The van der Waals surface area contributed by atoms with Gasteiger partial charge in [-0.1, -0.05) is 31.4 Å². The average molecular weight is 445 g/mol. The van der Waals surface area contributed by atoms with E-state index in [0.717, 1.165) is 55.5 Å². The van der Waals surface area contributed by atoms with Crippen molar-refractivity contribution in [2.75, 3.05) is 38.6 Å². The number of hydrogen-bond donors (Lipinski definition) is 2. The molecule has 0 radical (unpaired) electrons. The summed E-state index contributed by atoms with van der Waals surface area (Å²) >= 11 is 6.43. The fraction of sp³-hybridized carbons (Fsp3) is 0.583. The second kappa shape index (κ2) is 8.93. The molecule has 31 heavy (non-hydrogen) atoms. The van der Waals surface area contributed by atoms with Gasteiger partial charge in [0.2, 0.25) is 0 Å². The third-order valence-corrected chi connectivity index (χ3v) is 7.21. The van der Waals surface area contributed by atoms with Crippen LogP contribution in [-0.4, -0.2) is 66.3 Å². The Morgan fingerprint density at radius 1 is 1.32 bits per heavy atom. The van der Waals surface area contributed by atoms with Crippen molar-refractivity contribution in [1.82, 2.24) is 15.2 Å². The van der Waals surface area contributed by atoms with Crippen LogP contribution in [0.15, 0.2) is 24.3 Å². The minimum atomic E-state index is -0.839. The van der Waals surface area contributed by atoms with E-state index in [2.05, 4.69) is 36.1 Å². The summed E-state index contributed by atoms with van der Waals surface area (Å²) in [6, 6.07) is 8.05. The zero-order chi connectivity index (χ0) is 22.2. The number of likely N-dealkylation sites (N-methyl/N-ethyl adjacent to an activating group) is 1. The quantitative estimate of drug-likeness (QED) is 0.735. The molecule has 1 amide bonds. The molecule has 1 saturated carbocycles. The number of nitrogens with zero attached hydrogens (tertiary/aromatic N) is 3. The molecule has 1 saturated heterocycles. The van der Waals surface area contributed by atoms with Gasteiger partial charge in [0.05, 0.1) is 21.7 Å². The molecule has 7 heteroatoms. The number of carbonyl (C=O) groups excluding carboxylic acids is 1. The zero-order valence-electron chi connectivity index (χ0n) is 18.7. The largest absolute Gasteiger partial charge is 0.388 e. The Balaban J connectivity index is 1.53. The summed E-state index contributed by atoms with van der Waals surface area (Å²) in [4.78, 5) is 22.4. The summed E-state index contributed by atoms with van der Waals surface area (Å²) in [5.41, 5.74) is 0.345. The normalized spacial score (nSPS) is 26.6. The number of halogens is 1. The van der Waals surface area contributed by atoms with Crippen LogP contribution in [0.2, 0.25) is 5.02 Å². The Kier molecular flexibility index (Phi) is 6.42. The molecule has 2 aliphatic rings. The van der Waals surface area contributed by atoms with Crippen LogP contribution < -0.4 is 10.2 Å². The molecule has 1 aromatic carbocycles. The molecular weight excluding hydrogens is 412 g/mol. The standard InChI is InChI=1S/C24H33ClN4O2/c1-16-5-4-11-24(31,13-16)15-26-23(30)22-18-6-9-21(27-20(18)8-7-19(22)25)29-12-10-17(14-29)28(2)3/h6-9,16-17,31H,4-5,10-15H2,1-3H3,(H,26,30)/t16-,17?,24?/m0/s1. The van der Waals surface area contributed by atoms with E-state index in [9.17, 15) is 9.90 Å². The molecular formula is C24H33ClN4O2. The van der Waals surface area contributed by atoms with E-state index in [4.69, 9.17) is 16.6 Å². The lowest BCUT2D eigenvalue weighted by Gasteiger charge is -2.35. The van der Waals surface area contributed by atoms with E-state index in [1.165, 1.54) is 0 Å². The Bertz CT molecular complexity index is 966. The lowest BCUT2D eigenvalue weighted by Crippen LogP contribution is -2.45. The summed E-state index contributed by atoms with van der Waals surface area (Å²) in [7, 11) is 4.22. The Labute approximate surface area is 189 Å². The van der Waals surface area contributed by atoms with E-state index in [-0.39, 0.29) is 12.5 Å². The molecule has 2 heterocycles. The smallest absolute Gasteiger partial charge is 0.253 e. The van der Waals surface area contributed by atoms with Gasteiger partial charge in [0.1, 0.15) is 5.82 Å². The molecule has 2 aromatic rings. The zero-order valence-corrected chi connectivity index (χ0v) is 19.5. The van der Waals surface area contributed by atoms with Crippen molar-refractivity contribution in [1.29, 1.82) is 0 Å². The molecule has 1 aromatic heterocycles. The Hall–Kier alpha value is -1.89. The van der Waals surface area contributed by atoms with Gasteiger partial charge in [-0.05, 0) is 63.5 Å². The van der Waals surface area contributed by atoms with Crippen molar-refractivity contribution in [3.63, 3.8) is 0 Å². The van der Waals surface area contributed by atoms with E-state index < -0.39 is 5.60 Å². The number of anilines is 1. The molecule has 3 atom stereocenters. The van der Waals surface area contributed by atoms with Crippen LogP contribution in [0, 0.1) is 5.92 Å². The summed E-state index contributed by atoms with van der Waals surface area (Å²) in [6.07, 6.45) is 4.66. The van der Waals surface area contributed by atoms with Crippen LogP contribution in [0.3, 0.4) is 0 Å². The van der Waals surface area contributed by atoms with Crippen molar-refractivity contribution in [2.45, 2.75) is 50.7 Å². The van der Waals surface area contributed by atoms with Crippen molar-refractivity contribution in [2.24, 2.45) is 5.92 Å². The molecule has 168 valence electrons. The van der Waals surface area contributed by atoms with E-state index >= 15 is 0 Å². The van der Waals surface area contributed by atoms with Crippen molar-refractivity contribution in [3.8, 4) is 0 Å². The molecule has 2 fully saturated rings. The predicted octanol–water partition coefficient (Wildman–Crippen LogP) is 3.70. The van der Waals surface area contributed by atoms with Crippen molar-refractivity contribution < 1.29 is 9.90 Å². The van der Waals surface area contributed by atoms with Gasteiger partial charge in [-0.15, -0.1) is 0 Å². The number of aliphatic hydroxyl groups is 1. The molecule has 1 aliphatic carbocycles. The minimum Gasteiger partial charge on any atom is -0.388 e. The van der Waals surface area contributed by atoms with Crippen LogP contribution >= 0.6 is 11.6 Å². The highest BCUT2D eigenvalue weighted by atomic mass is 35.5. The summed E-state index contributed by atoms with van der Waals surface area (Å²) in [5.74, 6) is 1.14. The van der Waals surface area contributed by atoms with Crippen LogP contribution in [0.4, 0.5) is 5.82 Å². The first-order chi connectivity index (χ1) is 14.8. The van der Waals surface area contributed by atoms with E-state index in [1.807, 2.05) is 18.2 Å². The van der Waals surface area contributed by atoms with Gasteiger partial charge in [-0.25, -0.2) is 4.98 Å².